The summed E-state index contributed by atoms with van der Waals surface area (Å²) in [6.07, 6.45) is 25.2. The van der Waals surface area contributed by atoms with Gasteiger partial charge in [0.15, 0.2) is 0 Å². The average Bonchev–Trinajstić information content (AvgIpc) is 2.63. The molecule has 3 fully saturated rings. The summed E-state index contributed by atoms with van der Waals surface area (Å²) in [6, 6.07) is 0. The summed E-state index contributed by atoms with van der Waals surface area (Å²) in [7, 11) is 0. The molecule has 0 aromatic carbocycles. The fraction of sp³-hybridized carbons (Fsp3) is 0.880. The van der Waals surface area contributed by atoms with Gasteiger partial charge in [-0.1, -0.05) is 102 Å². The predicted molar refractivity (Wildman–Crippen MR) is 110 cm³/mol. The van der Waals surface area contributed by atoms with Crippen molar-refractivity contribution in [3.05, 3.63) is 18.6 Å². The quantitative estimate of drug-likeness (QED) is 0.256. The van der Waals surface area contributed by atoms with Crippen molar-refractivity contribution in [3.63, 3.8) is 0 Å². The molecular weight excluding hydrogens is 478 g/mol. The molecule has 0 heterocycles. The van der Waals surface area contributed by atoms with Crippen LogP contribution in [0.3, 0.4) is 0 Å². The van der Waals surface area contributed by atoms with Crippen molar-refractivity contribution < 1.29 is 65.4 Å². The van der Waals surface area contributed by atoms with E-state index in [1.807, 2.05) is 0 Å². The van der Waals surface area contributed by atoms with Crippen LogP contribution in [0.15, 0.2) is 12.2 Å². The maximum atomic E-state index is 2.83. The molecule has 0 spiro atoms. The van der Waals surface area contributed by atoms with Gasteiger partial charge in [0.1, 0.15) is 0 Å². The van der Waals surface area contributed by atoms with E-state index in [0.29, 0.717) is 0 Å². The van der Waals surface area contributed by atoms with E-state index in [0.717, 1.165) is 41.4 Å². The average molecular weight is 521 g/mol. The second-order valence-electron chi connectivity index (χ2n) is 9.90. The van der Waals surface area contributed by atoms with Crippen LogP contribution in [-0.2, 0) is 65.4 Å². The number of hydrogen-bond donors (Lipinski definition) is 0. The Morgan fingerprint density at radius 1 is 0.778 bits per heavy atom. The molecule has 3 saturated carbocycles. The Morgan fingerprint density at radius 3 is 2.00 bits per heavy atom. The minimum atomic E-state index is 0. The van der Waals surface area contributed by atoms with Gasteiger partial charge in [-0.3, -0.25) is 0 Å². The maximum Gasteiger partial charge on any atom is 0 e. The van der Waals surface area contributed by atoms with Crippen LogP contribution in [0.25, 0.3) is 0 Å². The van der Waals surface area contributed by atoms with Crippen LogP contribution in [0.1, 0.15) is 97.8 Å². The monoisotopic (exact) mass is 521 g/mol. The molecule has 3 unspecified atom stereocenters. The molecule has 0 amide bonds. The van der Waals surface area contributed by atoms with Gasteiger partial charge in [-0.2, -0.15) is 11.8 Å². The molecule has 0 aromatic heterocycles. The molecule has 3 atom stereocenters. The van der Waals surface area contributed by atoms with Crippen LogP contribution in [-0.4, -0.2) is 0 Å². The Labute approximate surface area is 221 Å². The molecule has 3 aliphatic rings. The molecule has 0 bridgehead atoms. The van der Waals surface area contributed by atoms with E-state index in [-0.39, 0.29) is 65.4 Å². The van der Waals surface area contributed by atoms with E-state index in [1.54, 1.807) is 0 Å². The minimum Gasteiger partial charge on any atom is -0.322 e. The summed E-state index contributed by atoms with van der Waals surface area (Å²) in [5.74, 6) is 6.92. The summed E-state index contributed by atoms with van der Waals surface area (Å²) < 4.78 is 0. The SMILES string of the molecule is C/C=C/CCC1CCC(C2CCC(C3CCC(C)CC3)[CH-]C2C)CC1.[Y].[Y]. The Bertz CT molecular complexity index is 403. The van der Waals surface area contributed by atoms with E-state index in [4.69, 9.17) is 0 Å². The minimum absolute atomic E-state index is 0. The van der Waals surface area contributed by atoms with Gasteiger partial charge in [-0.25, -0.2) is 0 Å². The molecule has 2 heteroatoms. The first-order valence-corrected chi connectivity index (χ1v) is 11.6. The van der Waals surface area contributed by atoms with Crippen molar-refractivity contribution in [1.82, 2.24) is 0 Å². The zero-order chi connectivity index (χ0) is 17.6. The first-order valence-electron chi connectivity index (χ1n) is 11.6. The summed E-state index contributed by atoms with van der Waals surface area (Å²) in [6.45, 7) is 7.16. The molecular formula is C25H43Y2-. The molecule has 150 valence electrons. The number of hydrogen-bond acceptors (Lipinski definition) is 0. The Balaban J connectivity index is 0.00000182. The third-order valence-electron chi connectivity index (χ3n) is 8.20. The van der Waals surface area contributed by atoms with Crippen molar-refractivity contribution in [3.8, 4) is 0 Å². The summed E-state index contributed by atoms with van der Waals surface area (Å²) in [5, 5.41) is 0. The van der Waals surface area contributed by atoms with Crippen molar-refractivity contribution in [2.45, 2.75) is 97.8 Å². The second kappa shape index (κ2) is 14.1. The van der Waals surface area contributed by atoms with Crippen LogP contribution in [0, 0.1) is 47.8 Å². The Hall–Kier alpha value is 1.95. The first kappa shape index (κ1) is 27.0. The van der Waals surface area contributed by atoms with Crippen LogP contribution >= 0.6 is 0 Å². The van der Waals surface area contributed by atoms with E-state index in [2.05, 4.69) is 39.3 Å². The zero-order valence-electron chi connectivity index (χ0n) is 18.4. The molecule has 3 aliphatic carbocycles. The van der Waals surface area contributed by atoms with E-state index in [9.17, 15) is 0 Å². The van der Waals surface area contributed by atoms with Gasteiger partial charge < -0.3 is 6.42 Å². The first-order chi connectivity index (χ1) is 12.2. The third kappa shape index (κ3) is 8.18. The van der Waals surface area contributed by atoms with Crippen LogP contribution in [0.4, 0.5) is 0 Å². The van der Waals surface area contributed by atoms with Crippen molar-refractivity contribution in [1.29, 1.82) is 0 Å². The van der Waals surface area contributed by atoms with E-state index in [1.165, 1.54) is 77.0 Å². The third-order valence-corrected chi connectivity index (χ3v) is 8.20. The van der Waals surface area contributed by atoms with Crippen molar-refractivity contribution >= 4 is 0 Å². The van der Waals surface area contributed by atoms with Crippen LogP contribution in [0.2, 0.25) is 0 Å². The molecule has 2 radical (unpaired) electrons. The molecule has 3 rings (SSSR count). The van der Waals surface area contributed by atoms with Crippen molar-refractivity contribution in [2.75, 3.05) is 0 Å². The second-order valence-corrected chi connectivity index (χ2v) is 9.90. The van der Waals surface area contributed by atoms with Gasteiger partial charge in [-0.05, 0) is 37.5 Å². The smallest absolute Gasteiger partial charge is 0 e. The molecule has 0 saturated heterocycles. The van der Waals surface area contributed by atoms with E-state index < -0.39 is 0 Å². The molecule has 0 aliphatic heterocycles. The molecule has 0 N–H and O–H groups in total. The molecule has 27 heavy (non-hydrogen) atoms. The van der Waals surface area contributed by atoms with Crippen molar-refractivity contribution in [2.24, 2.45) is 41.4 Å². The van der Waals surface area contributed by atoms with Gasteiger partial charge in [0.25, 0.3) is 0 Å². The summed E-state index contributed by atoms with van der Waals surface area (Å²) >= 11 is 0. The van der Waals surface area contributed by atoms with Gasteiger partial charge in [0.2, 0.25) is 0 Å². The van der Waals surface area contributed by atoms with Crippen LogP contribution < -0.4 is 0 Å². The zero-order valence-corrected chi connectivity index (χ0v) is 24.1. The fourth-order valence-electron chi connectivity index (χ4n) is 6.45. The number of allylic oxidation sites excluding steroid dienone is 2. The summed E-state index contributed by atoms with van der Waals surface area (Å²) in [4.78, 5) is 0. The summed E-state index contributed by atoms with van der Waals surface area (Å²) in [5.41, 5.74) is 0. The van der Waals surface area contributed by atoms with Crippen LogP contribution in [0.5, 0.6) is 0 Å². The largest absolute Gasteiger partial charge is 0.322 e. The number of rotatable bonds is 5. The topological polar surface area (TPSA) is 0 Å². The molecule has 0 aromatic rings. The Morgan fingerprint density at radius 2 is 1.41 bits per heavy atom. The standard InChI is InChI=1S/C25H43.2Y/c1-4-5-6-7-21-10-14-23(15-11-21)25-17-16-24(18-20(25)3)22-12-8-19(2)9-13-22;;/h4-5,18-25H,6-17H2,1-3H3;;/q-1;;/b5-4+;;. The predicted octanol–water partition coefficient (Wildman–Crippen LogP) is 7.84. The normalized spacial score (nSPS) is 40.2. The van der Waals surface area contributed by atoms with Gasteiger partial charge in [0, 0.05) is 65.4 Å². The molecule has 0 nitrogen and oxygen atoms in total. The van der Waals surface area contributed by atoms with Gasteiger partial charge >= 0.3 is 0 Å². The fourth-order valence-corrected chi connectivity index (χ4v) is 6.45. The van der Waals surface area contributed by atoms with E-state index >= 15 is 0 Å². The maximum absolute atomic E-state index is 2.83. The van der Waals surface area contributed by atoms with Gasteiger partial charge in [0.05, 0.1) is 0 Å². The Kier molecular flexibility index (Phi) is 14.1. The van der Waals surface area contributed by atoms with Gasteiger partial charge in [-0.15, -0.1) is 0 Å².